The van der Waals surface area contributed by atoms with E-state index in [2.05, 4.69) is 31.8 Å². The van der Waals surface area contributed by atoms with Crippen molar-refractivity contribution in [2.75, 3.05) is 71.1 Å². The number of rotatable bonds is 7. The molecule has 3 atom stereocenters. The first kappa shape index (κ1) is 34.5. The number of anilines is 2. The van der Waals surface area contributed by atoms with Gasteiger partial charge in [0.2, 0.25) is 0 Å². The molecule has 0 bridgehead atoms. The fraction of sp³-hybridized carbons (Fsp3) is 0.545. The van der Waals surface area contributed by atoms with Crippen molar-refractivity contribution in [1.82, 2.24) is 34.6 Å². The van der Waals surface area contributed by atoms with Gasteiger partial charge in [-0.25, -0.2) is 13.8 Å². The number of aryl methyl sites for hydroxylation is 1. The lowest BCUT2D eigenvalue weighted by molar-refractivity contribution is -0.137. The van der Waals surface area contributed by atoms with Gasteiger partial charge in [-0.15, -0.1) is 0 Å². The number of nitrogens with two attached hydrogens (primary N) is 1. The zero-order chi connectivity index (χ0) is 35.2. The van der Waals surface area contributed by atoms with Gasteiger partial charge in [0.1, 0.15) is 41.3 Å². The summed E-state index contributed by atoms with van der Waals surface area (Å²) in [5.41, 5.74) is 2.07. The van der Waals surface area contributed by atoms with Gasteiger partial charge in [0.05, 0.1) is 23.0 Å². The van der Waals surface area contributed by atoms with Crippen molar-refractivity contribution in [3.8, 4) is 29.2 Å². The molecular formula is C33H38F5N9O2. The summed E-state index contributed by atoms with van der Waals surface area (Å²) in [5.74, 6) is 3.99. The first-order chi connectivity index (χ1) is 23.2. The van der Waals surface area contributed by atoms with E-state index in [4.69, 9.17) is 10.5 Å². The number of ether oxygens (including phenoxy) is 1. The van der Waals surface area contributed by atoms with Crippen LogP contribution < -0.4 is 15.4 Å². The minimum absolute atomic E-state index is 0.0488. The molecule has 0 saturated carbocycles. The number of nitrogens with zero attached hydrogens (tertiary/aromatic N) is 8. The average molecular weight is 688 g/mol. The van der Waals surface area contributed by atoms with Crippen LogP contribution in [0.2, 0.25) is 0 Å². The second-order valence-electron chi connectivity index (χ2n) is 13.3. The van der Waals surface area contributed by atoms with Crippen LogP contribution in [0.4, 0.5) is 33.6 Å². The van der Waals surface area contributed by atoms with Gasteiger partial charge in [-0.05, 0) is 64.4 Å². The number of alkyl halides is 4. The van der Waals surface area contributed by atoms with Gasteiger partial charge in [-0.2, -0.15) is 23.1 Å². The number of likely N-dealkylation sites (N-methyl/N-ethyl adjacent to an activating group) is 1. The lowest BCUT2D eigenvalue weighted by Gasteiger charge is -2.31. The van der Waals surface area contributed by atoms with E-state index in [9.17, 15) is 22.4 Å². The van der Waals surface area contributed by atoms with Gasteiger partial charge in [-0.1, -0.05) is 5.92 Å². The van der Waals surface area contributed by atoms with Gasteiger partial charge in [0.15, 0.2) is 5.82 Å². The maximum atomic E-state index is 16.5. The molecule has 0 spiro atoms. The number of carbonyl (C=O) groups excluding carboxylic acids is 1. The number of fused-ring (bicyclic) bond motifs is 2. The number of nitrogen functional groups attached to an aromatic ring is 1. The van der Waals surface area contributed by atoms with E-state index in [1.165, 1.54) is 13.1 Å². The fourth-order valence-corrected chi connectivity index (χ4v) is 7.16. The van der Waals surface area contributed by atoms with Gasteiger partial charge >= 0.3 is 12.2 Å². The highest BCUT2D eigenvalue weighted by Crippen LogP contribution is 2.42. The Bertz CT molecular complexity index is 1830. The zero-order valence-electron chi connectivity index (χ0n) is 27.7. The summed E-state index contributed by atoms with van der Waals surface area (Å²) in [6.07, 6.45) is -2.27. The summed E-state index contributed by atoms with van der Waals surface area (Å²) in [5, 5.41) is 0.117. The molecule has 0 radical (unpaired) electrons. The Labute approximate surface area is 280 Å². The Hall–Kier alpha value is -4.36. The number of hydrogen-bond donors (Lipinski definition) is 1. The van der Waals surface area contributed by atoms with Crippen molar-refractivity contribution in [2.24, 2.45) is 0 Å². The average Bonchev–Trinajstić information content (AvgIpc) is 3.73. The number of hydrogen-bond acceptors (Lipinski definition) is 10. The Kier molecular flexibility index (Phi) is 9.27. The molecule has 3 fully saturated rings. The van der Waals surface area contributed by atoms with Crippen molar-refractivity contribution in [3.63, 3.8) is 0 Å². The topological polar surface area (TPSA) is 117 Å². The lowest BCUT2D eigenvalue weighted by Crippen LogP contribution is -2.43. The van der Waals surface area contributed by atoms with Crippen LogP contribution in [0.15, 0.2) is 12.3 Å². The van der Waals surface area contributed by atoms with Crippen molar-refractivity contribution < 1.29 is 31.5 Å². The summed E-state index contributed by atoms with van der Waals surface area (Å²) in [6, 6.07) is 0.573. The van der Waals surface area contributed by atoms with Crippen LogP contribution in [0.1, 0.15) is 36.8 Å². The number of aromatic nitrogens is 4. The predicted octanol–water partition coefficient (Wildman–Crippen LogP) is 3.69. The molecule has 262 valence electrons. The molecule has 3 aromatic rings. The van der Waals surface area contributed by atoms with Crippen LogP contribution >= 0.6 is 0 Å². The van der Waals surface area contributed by atoms with Crippen LogP contribution in [-0.4, -0.2) is 119 Å². The van der Waals surface area contributed by atoms with Crippen molar-refractivity contribution >= 4 is 28.4 Å². The smallest absolute Gasteiger partial charge is 0.418 e. The molecule has 16 heteroatoms. The first-order valence-corrected chi connectivity index (χ1v) is 16.0. The first-order valence-electron chi connectivity index (χ1n) is 16.0. The largest absolute Gasteiger partial charge is 0.461 e. The zero-order valence-corrected chi connectivity index (χ0v) is 27.7. The van der Waals surface area contributed by atoms with Crippen LogP contribution in [0.3, 0.4) is 0 Å². The van der Waals surface area contributed by atoms with E-state index >= 15 is 4.39 Å². The van der Waals surface area contributed by atoms with Crippen molar-refractivity contribution in [2.45, 2.75) is 56.5 Å². The standard InChI is InChI=1S/C33H38F5N9O2/c1-19-13-23(39)41-28(25(19)33(36,37)38)29-26(35)27-22(15-40-29)30(45(4)21-8-12-46(17-21)24(48)7-5-10-44(2)3)43-31(42-27)49-18-32-9-6-11-47(32)16-20(34)14-32/h13,15,20-21H,6,8-12,14,16-18H2,1-4H3,(H2,39,41)/t20-,21-,32+/m1/s1. The molecule has 0 aliphatic carbocycles. The highest BCUT2D eigenvalue weighted by atomic mass is 19.4. The molecule has 3 aliphatic rings. The summed E-state index contributed by atoms with van der Waals surface area (Å²) in [6.45, 7) is 3.45. The molecule has 3 saturated heterocycles. The SMILES string of the molecule is Cc1cc(N)nc(-c2ncc3c(N(C)[C@@H]4CCN(C(=O)C#CCN(C)C)C4)nc(OC[C@@]45CCCN4C[C@H](F)C5)nc3c2F)c1C(F)(F)F. The van der Waals surface area contributed by atoms with Crippen molar-refractivity contribution in [1.29, 1.82) is 0 Å². The van der Waals surface area contributed by atoms with Crippen LogP contribution in [0.25, 0.3) is 22.3 Å². The number of pyridine rings is 2. The Morgan fingerprint density at radius 3 is 2.67 bits per heavy atom. The third-order valence-electron chi connectivity index (χ3n) is 9.54. The highest BCUT2D eigenvalue weighted by Gasteiger charge is 2.49. The molecule has 6 heterocycles. The second kappa shape index (κ2) is 13.2. The Morgan fingerprint density at radius 1 is 1.16 bits per heavy atom. The molecule has 0 aromatic carbocycles. The molecule has 49 heavy (non-hydrogen) atoms. The number of halogens is 5. The quantitative estimate of drug-likeness (QED) is 0.291. The van der Waals surface area contributed by atoms with Gasteiger partial charge in [0, 0.05) is 45.3 Å². The summed E-state index contributed by atoms with van der Waals surface area (Å²) in [4.78, 5) is 37.0. The molecule has 3 aliphatic heterocycles. The van der Waals surface area contributed by atoms with Crippen LogP contribution in [0, 0.1) is 24.6 Å². The third kappa shape index (κ3) is 6.78. The van der Waals surface area contributed by atoms with Gasteiger partial charge in [-0.3, -0.25) is 19.6 Å². The molecule has 11 nitrogen and oxygen atoms in total. The highest BCUT2D eigenvalue weighted by molar-refractivity contribution is 5.94. The second-order valence-corrected chi connectivity index (χ2v) is 13.3. The van der Waals surface area contributed by atoms with Crippen LogP contribution in [-0.2, 0) is 11.0 Å². The molecule has 2 N–H and O–H groups in total. The minimum atomic E-state index is -4.88. The van der Waals surface area contributed by atoms with E-state index in [0.717, 1.165) is 19.0 Å². The molecular weight excluding hydrogens is 649 g/mol. The summed E-state index contributed by atoms with van der Waals surface area (Å²) < 4.78 is 79.7. The van der Waals surface area contributed by atoms with E-state index in [1.54, 1.807) is 16.8 Å². The van der Waals surface area contributed by atoms with Gasteiger partial charge < -0.3 is 20.3 Å². The normalized spacial score (nSPS) is 22.4. The predicted molar refractivity (Wildman–Crippen MR) is 173 cm³/mol. The van der Waals surface area contributed by atoms with E-state index in [-0.39, 0.29) is 59.1 Å². The van der Waals surface area contributed by atoms with E-state index in [1.807, 2.05) is 23.9 Å². The Balaban J connectivity index is 1.40. The number of carbonyl (C=O) groups is 1. The van der Waals surface area contributed by atoms with Crippen LogP contribution in [0.5, 0.6) is 6.01 Å². The summed E-state index contributed by atoms with van der Waals surface area (Å²) in [7, 11) is 5.42. The fourth-order valence-electron chi connectivity index (χ4n) is 7.16. The summed E-state index contributed by atoms with van der Waals surface area (Å²) >= 11 is 0. The molecule has 1 amide bonds. The maximum absolute atomic E-state index is 16.5. The third-order valence-corrected chi connectivity index (χ3v) is 9.54. The molecule has 3 aromatic heterocycles. The van der Waals surface area contributed by atoms with Gasteiger partial charge in [0.25, 0.3) is 5.91 Å². The monoisotopic (exact) mass is 687 g/mol. The van der Waals surface area contributed by atoms with Crippen molar-refractivity contribution in [3.05, 3.63) is 29.2 Å². The maximum Gasteiger partial charge on any atom is 0.418 e. The van der Waals surface area contributed by atoms with E-state index in [0.29, 0.717) is 39.0 Å². The number of likely N-dealkylation sites (tertiary alicyclic amines) is 1. The lowest BCUT2D eigenvalue weighted by atomic mass is 9.95. The molecule has 6 rings (SSSR count). The molecule has 0 unspecified atom stereocenters. The minimum Gasteiger partial charge on any atom is -0.461 e. The number of amides is 1. The Morgan fingerprint density at radius 2 is 1.94 bits per heavy atom. The van der Waals surface area contributed by atoms with E-state index < -0.39 is 40.7 Å².